The van der Waals surface area contributed by atoms with E-state index in [0.29, 0.717) is 16.9 Å². The van der Waals surface area contributed by atoms with Gasteiger partial charge in [-0.2, -0.15) is 18.7 Å². The molecule has 0 aliphatic rings. The van der Waals surface area contributed by atoms with Crippen LogP contribution in [0.15, 0.2) is 41.7 Å². The first-order valence-corrected chi connectivity index (χ1v) is 11.1. The molecule has 2 N–H and O–H groups in total. The second-order valence-electron chi connectivity index (χ2n) is 6.88. The maximum atomic E-state index is 12.9. The number of nitrogens with two attached hydrogens (primary N) is 1. The van der Waals surface area contributed by atoms with Crippen LogP contribution in [0.4, 0.5) is 8.78 Å². The van der Waals surface area contributed by atoms with Gasteiger partial charge in [0.1, 0.15) is 4.90 Å². The van der Waals surface area contributed by atoms with Gasteiger partial charge in [0, 0.05) is 29.5 Å². The fourth-order valence-corrected chi connectivity index (χ4v) is 4.18. The van der Waals surface area contributed by atoms with E-state index in [9.17, 15) is 17.2 Å². The third-order valence-electron chi connectivity index (χ3n) is 4.84. The number of ether oxygens (including phenoxy) is 3. The van der Waals surface area contributed by atoms with Crippen molar-refractivity contribution < 1.29 is 31.4 Å². The monoisotopic (exact) mass is 492 g/mol. The van der Waals surface area contributed by atoms with Crippen LogP contribution in [0.1, 0.15) is 5.56 Å². The average molecular weight is 492 g/mol. The minimum absolute atomic E-state index is 0.155. The van der Waals surface area contributed by atoms with E-state index in [-0.39, 0.29) is 28.0 Å². The lowest BCUT2D eigenvalue weighted by Gasteiger charge is -2.15. The quantitative estimate of drug-likeness (QED) is 0.411. The zero-order chi connectivity index (χ0) is 24.6. The summed E-state index contributed by atoms with van der Waals surface area (Å²) >= 11 is 0. The minimum atomic E-state index is -4.19. The molecule has 3 heterocycles. The van der Waals surface area contributed by atoms with Gasteiger partial charge in [-0.1, -0.05) is 12.1 Å². The number of methoxy groups -OCH3 is 2. The summed E-state index contributed by atoms with van der Waals surface area (Å²) in [6.45, 7) is -1.40. The van der Waals surface area contributed by atoms with Crippen LogP contribution in [0.5, 0.6) is 17.5 Å². The maximum absolute atomic E-state index is 12.9. The van der Waals surface area contributed by atoms with Crippen molar-refractivity contribution in [3.8, 4) is 34.8 Å². The van der Waals surface area contributed by atoms with Crippen LogP contribution < -0.4 is 19.3 Å². The van der Waals surface area contributed by atoms with Crippen LogP contribution in [0.25, 0.3) is 28.2 Å². The predicted octanol–water partition coefficient (Wildman–Crippen LogP) is 2.45. The van der Waals surface area contributed by atoms with Crippen molar-refractivity contribution in [1.29, 1.82) is 0 Å². The number of halogens is 2. The fourth-order valence-electron chi connectivity index (χ4n) is 3.46. The van der Waals surface area contributed by atoms with E-state index < -0.39 is 22.4 Å². The van der Waals surface area contributed by atoms with Gasteiger partial charge in [0.15, 0.2) is 5.82 Å². The van der Waals surface area contributed by atoms with Gasteiger partial charge >= 0.3 is 6.61 Å². The van der Waals surface area contributed by atoms with Gasteiger partial charge in [0.25, 0.3) is 11.8 Å². The summed E-state index contributed by atoms with van der Waals surface area (Å²) in [6, 6.07) is 4.92. The Morgan fingerprint density at radius 2 is 1.68 bits per heavy atom. The molecule has 1 aromatic carbocycles. The number of aromatic nitrogens is 5. The molecule has 4 aromatic rings. The molecule has 0 radical (unpaired) electrons. The summed E-state index contributed by atoms with van der Waals surface area (Å²) < 4.78 is 66.6. The molecule has 0 amide bonds. The summed E-state index contributed by atoms with van der Waals surface area (Å²) in [6.07, 6.45) is 4.29. The van der Waals surface area contributed by atoms with Crippen molar-refractivity contribution in [3.63, 3.8) is 0 Å². The van der Waals surface area contributed by atoms with Gasteiger partial charge in [-0.25, -0.2) is 23.5 Å². The molecule has 11 nitrogen and oxygen atoms in total. The first-order chi connectivity index (χ1) is 16.2. The summed E-state index contributed by atoms with van der Waals surface area (Å²) in [5, 5.41) is 5.72. The lowest BCUT2D eigenvalue weighted by Crippen LogP contribution is -2.12. The molecule has 0 fully saturated rings. The molecule has 0 saturated carbocycles. The summed E-state index contributed by atoms with van der Waals surface area (Å²) in [5.74, 6) is -1.08. The van der Waals surface area contributed by atoms with Gasteiger partial charge in [0.05, 0.1) is 19.7 Å². The molecule has 178 valence electrons. The number of rotatable bonds is 7. The third-order valence-corrected chi connectivity index (χ3v) is 5.77. The Bertz CT molecular complexity index is 1450. The standard InChI is InChI=1S/C20H18F2N6O5S/c1-10-5-6-11-12(34(23,29)30)9-28(14(11)13(10)16-24-7-4-8-25-16)20-26-17(31-2)15(33-19(21)22)18(27-20)32-3/h4-9,19H,1-3H3,(H2,23,29,30). The molecular formula is C20H18F2N6O5S. The van der Waals surface area contributed by atoms with E-state index in [1.807, 2.05) is 0 Å². The summed E-state index contributed by atoms with van der Waals surface area (Å²) in [4.78, 5) is 16.6. The Hall–Kier alpha value is -3.91. The van der Waals surface area contributed by atoms with Gasteiger partial charge in [-0.05, 0) is 18.6 Å². The molecule has 0 spiro atoms. The summed E-state index contributed by atoms with van der Waals surface area (Å²) in [5.41, 5.74) is 1.53. The Kier molecular flexibility index (Phi) is 6.01. The Morgan fingerprint density at radius 1 is 1.06 bits per heavy atom. The molecule has 4 rings (SSSR count). The van der Waals surface area contributed by atoms with E-state index in [2.05, 4.69) is 24.7 Å². The lowest BCUT2D eigenvalue weighted by atomic mass is 10.0. The van der Waals surface area contributed by atoms with Gasteiger partial charge in [0.2, 0.25) is 21.7 Å². The Balaban J connectivity index is 2.12. The first-order valence-electron chi connectivity index (χ1n) is 9.55. The fraction of sp³-hybridized carbons (Fsp3) is 0.200. The molecular weight excluding hydrogens is 474 g/mol. The van der Waals surface area contributed by atoms with Crippen molar-refractivity contribution in [3.05, 3.63) is 42.4 Å². The van der Waals surface area contributed by atoms with E-state index >= 15 is 0 Å². The van der Waals surface area contributed by atoms with E-state index in [4.69, 9.17) is 14.6 Å². The van der Waals surface area contributed by atoms with Crippen LogP contribution in [-0.2, 0) is 10.0 Å². The largest absolute Gasteiger partial charge is 0.478 e. The highest BCUT2D eigenvalue weighted by atomic mass is 32.2. The Labute approximate surface area is 192 Å². The highest BCUT2D eigenvalue weighted by Gasteiger charge is 2.27. The molecule has 0 aliphatic heterocycles. The molecule has 0 bridgehead atoms. The molecule has 0 saturated heterocycles. The lowest BCUT2D eigenvalue weighted by molar-refractivity contribution is -0.0534. The van der Waals surface area contributed by atoms with Gasteiger partial charge < -0.3 is 14.2 Å². The molecule has 0 atom stereocenters. The molecule has 14 heteroatoms. The Morgan fingerprint density at radius 3 is 2.21 bits per heavy atom. The normalized spacial score (nSPS) is 11.7. The van der Waals surface area contributed by atoms with Crippen LogP contribution in [0.3, 0.4) is 0 Å². The first kappa shape index (κ1) is 23.3. The highest BCUT2D eigenvalue weighted by molar-refractivity contribution is 7.89. The number of nitrogens with zero attached hydrogens (tertiary/aromatic N) is 5. The number of alkyl halides is 2. The van der Waals surface area contributed by atoms with Crippen molar-refractivity contribution in [2.24, 2.45) is 5.14 Å². The number of hydrogen-bond donors (Lipinski definition) is 1. The molecule has 0 unspecified atom stereocenters. The van der Waals surface area contributed by atoms with Crippen molar-refractivity contribution in [2.75, 3.05) is 14.2 Å². The van der Waals surface area contributed by atoms with Crippen molar-refractivity contribution >= 4 is 20.9 Å². The van der Waals surface area contributed by atoms with Crippen LogP contribution in [0, 0.1) is 6.92 Å². The average Bonchev–Trinajstić information content (AvgIpc) is 3.19. The van der Waals surface area contributed by atoms with Gasteiger partial charge in [-0.15, -0.1) is 0 Å². The molecule has 34 heavy (non-hydrogen) atoms. The van der Waals surface area contributed by atoms with E-state index in [0.717, 1.165) is 5.56 Å². The van der Waals surface area contributed by atoms with E-state index in [1.165, 1.54) is 37.4 Å². The number of sulfonamides is 1. The zero-order valence-corrected chi connectivity index (χ0v) is 18.9. The van der Waals surface area contributed by atoms with Crippen molar-refractivity contribution in [2.45, 2.75) is 18.4 Å². The predicted molar refractivity (Wildman–Crippen MR) is 116 cm³/mol. The van der Waals surface area contributed by atoms with E-state index in [1.54, 1.807) is 25.1 Å². The number of fused-ring (bicyclic) bond motifs is 1. The number of primary sulfonamides is 1. The topological polar surface area (TPSA) is 144 Å². The molecule has 3 aromatic heterocycles. The molecule has 0 aliphatic carbocycles. The second kappa shape index (κ2) is 8.79. The van der Waals surface area contributed by atoms with Crippen LogP contribution >= 0.6 is 0 Å². The maximum Gasteiger partial charge on any atom is 0.387 e. The smallest absolute Gasteiger partial charge is 0.387 e. The van der Waals surface area contributed by atoms with Crippen LogP contribution in [0.2, 0.25) is 0 Å². The minimum Gasteiger partial charge on any atom is -0.478 e. The second-order valence-corrected chi connectivity index (χ2v) is 8.41. The number of hydrogen-bond acceptors (Lipinski definition) is 9. The number of aryl methyl sites for hydroxylation is 1. The SMILES string of the molecule is COc1nc(-n2cc(S(N)(=O)=O)c3ccc(C)c(-c4ncccn4)c32)nc(OC)c1OC(F)F. The third kappa shape index (κ3) is 4.08. The summed E-state index contributed by atoms with van der Waals surface area (Å²) in [7, 11) is -1.80. The number of benzene rings is 1. The highest BCUT2D eigenvalue weighted by Crippen LogP contribution is 2.39. The van der Waals surface area contributed by atoms with Gasteiger partial charge in [-0.3, -0.25) is 4.57 Å². The van der Waals surface area contributed by atoms with Crippen molar-refractivity contribution in [1.82, 2.24) is 24.5 Å². The van der Waals surface area contributed by atoms with Crippen LogP contribution in [-0.4, -0.2) is 53.8 Å². The zero-order valence-electron chi connectivity index (χ0n) is 18.1.